The number of amides is 2. The van der Waals surface area contributed by atoms with Gasteiger partial charge >= 0.3 is 0 Å². The summed E-state index contributed by atoms with van der Waals surface area (Å²) in [6.45, 7) is 4.19. The van der Waals surface area contributed by atoms with Gasteiger partial charge in [0.2, 0.25) is 11.8 Å². The minimum atomic E-state index is -0.251. The average molecular weight is 424 g/mol. The highest BCUT2D eigenvalue weighted by molar-refractivity contribution is 5.85. The molecule has 164 valence electrons. The number of nitrogens with zero attached hydrogens (tertiary/aromatic N) is 3. The van der Waals surface area contributed by atoms with E-state index in [0.717, 1.165) is 61.2 Å². The van der Waals surface area contributed by atoms with E-state index in [1.807, 2.05) is 17.9 Å². The monoisotopic (exact) mass is 423 g/mol. The molecule has 2 aromatic rings. The summed E-state index contributed by atoms with van der Waals surface area (Å²) in [6, 6.07) is 10.6. The minimum absolute atomic E-state index is 0.0337. The maximum Gasteiger partial charge on any atom is 0.242 e. The second kappa shape index (κ2) is 9.58. The van der Waals surface area contributed by atoms with Crippen molar-refractivity contribution in [1.82, 2.24) is 14.8 Å². The van der Waals surface area contributed by atoms with Gasteiger partial charge in [-0.25, -0.2) is 4.39 Å². The van der Waals surface area contributed by atoms with Crippen LogP contribution in [0.15, 0.2) is 36.4 Å². The van der Waals surface area contributed by atoms with Gasteiger partial charge in [-0.3, -0.25) is 14.6 Å². The predicted molar refractivity (Wildman–Crippen MR) is 118 cm³/mol. The lowest BCUT2D eigenvalue weighted by Crippen LogP contribution is -2.46. The van der Waals surface area contributed by atoms with Gasteiger partial charge in [-0.05, 0) is 68.0 Å². The van der Waals surface area contributed by atoms with Crippen LogP contribution in [-0.2, 0) is 9.59 Å². The van der Waals surface area contributed by atoms with Crippen LogP contribution in [-0.4, -0.2) is 52.8 Å². The molecule has 0 unspecified atom stereocenters. The van der Waals surface area contributed by atoms with E-state index < -0.39 is 0 Å². The Balaban J connectivity index is 1.47. The van der Waals surface area contributed by atoms with Crippen LogP contribution in [0.1, 0.15) is 55.8 Å². The van der Waals surface area contributed by atoms with Crippen LogP contribution >= 0.6 is 0 Å². The van der Waals surface area contributed by atoms with Gasteiger partial charge < -0.3 is 9.80 Å². The highest BCUT2D eigenvalue weighted by Gasteiger charge is 2.28. The smallest absolute Gasteiger partial charge is 0.242 e. The topological polar surface area (TPSA) is 53.5 Å². The van der Waals surface area contributed by atoms with Gasteiger partial charge in [-0.1, -0.05) is 18.6 Å². The summed E-state index contributed by atoms with van der Waals surface area (Å²) in [7, 11) is 0. The molecule has 2 fully saturated rings. The molecule has 0 radical (unpaired) electrons. The van der Waals surface area contributed by atoms with E-state index in [2.05, 4.69) is 6.07 Å². The number of aromatic nitrogens is 1. The van der Waals surface area contributed by atoms with Crippen LogP contribution < -0.4 is 0 Å². The summed E-state index contributed by atoms with van der Waals surface area (Å²) in [5, 5.41) is 0. The molecule has 2 amide bonds. The number of hydrogen-bond acceptors (Lipinski definition) is 3. The van der Waals surface area contributed by atoms with E-state index in [1.54, 1.807) is 17.0 Å². The van der Waals surface area contributed by atoms with Gasteiger partial charge in [0.05, 0.1) is 6.54 Å². The fraction of sp³-hybridized carbons (Fsp3) is 0.480. The Morgan fingerprint density at radius 1 is 1.06 bits per heavy atom. The normalized spacial score (nSPS) is 19.9. The Labute approximate surface area is 183 Å². The summed E-state index contributed by atoms with van der Waals surface area (Å²) >= 11 is 0. The van der Waals surface area contributed by atoms with Crippen molar-refractivity contribution in [2.24, 2.45) is 0 Å². The van der Waals surface area contributed by atoms with Gasteiger partial charge in [-0.2, -0.15) is 0 Å². The van der Waals surface area contributed by atoms with Crippen LogP contribution in [0.25, 0.3) is 11.1 Å². The third kappa shape index (κ3) is 5.30. The van der Waals surface area contributed by atoms with E-state index in [1.165, 1.54) is 12.1 Å². The standard InChI is InChI=1S/C25H30FN3O2/c1-18-14-21(19-8-10-22(26)11-9-19)15-23(27-18)20-6-5-13-28(16-20)25(31)17-29-12-4-2-3-7-24(29)30/h8-11,14-15,20H,2-7,12-13,16-17H2,1H3/t20-/m1/s1. The van der Waals surface area contributed by atoms with Crippen LogP contribution in [0.4, 0.5) is 4.39 Å². The van der Waals surface area contributed by atoms with Gasteiger partial charge in [0.1, 0.15) is 5.82 Å². The van der Waals surface area contributed by atoms with Crippen molar-refractivity contribution in [2.45, 2.75) is 51.4 Å². The molecule has 0 saturated carbocycles. The molecule has 2 aliphatic heterocycles. The molecule has 1 aromatic heterocycles. The van der Waals surface area contributed by atoms with E-state index in [4.69, 9.17) is 4.98 Å². The van der Waals surface area contributed by atoms with E-state index >= 15 is 0 Å². The Bertz CT molecular complexity index is 944. The molecule has 0 aliphatic carbocycles. The maximum atomic E-state index is 13.3. The number of hydrogen-bond donors (Lipinski definition) is 0. The molecule has 0 bridgehead atoms. The van der Waals surface area contributed by atoms with Crippen molar-refractivity contribution in [3.63, 3.8) is 0 Å². The number of carbonyl (C=O) groups is 2. The summed E-state index contributed by atoms with van der Waals surface area (Å²) in [5.74, 6) is 0.0470. The molecule has 6 heteroatoms. The molecular formula is C25H30FN3O2. The molecule has 0 N–H and O–H groups in total. The SMILES string of the molecule is Cc1cc(-c2ccc(F)cc2)cc([C@@H]2CCCN(C(=O)CN3CCCCCC3=O)C2)n1. The largest absolute Gasteiger partial charge is 0.340 e. The third-order valence-electron chi connectivity index (χ3n) is 6.34. The number of aryl methyl sites for hydroxylation is 1. The first-order valence-corrected chi connectivity index (χ1v) is 11.3. The van der Waals surface area contributed by atoms with Crippen LogP contribution in [0.3, 0.4) is 0 Å². The number of benzene rings is 1. The molecule has 3 heterocycles. The number of pyridine rings is 1. The summed E-state index contributed by atoms with van der Waals surface area (Å²) in [5.41, 5.74) is 3.86. The third-order valence-corrected chi connectivity index (χ3v) is 6.34. The Morgan fingerprint density at radius 3 is 2.68 bits per heavy atom. The van der Waals surface area contributed by atoms with Crippen molar-refractivity contribution in [2.75, 3.05) is 26.2 Å². The highest BCUT2D eigenvalue weighted by Crippen LogP contribution is 2.30. The zero-order chi connectivity index (χ0) is 21.8. The Hall–Kier alpha value is -2.76. The second-order valence-corrected chi connectivity index (χ2v) is 8.73. The number of halogens is 1. The summed E-state index contributed by atoms with van der Waals surface area (Å²) < 4.78 is 13.3. The fourth-order valence-electron chi connectivity index (χ4n) is 4.63. The molecular weight excluding hydrogens is 393 g/mol. The minimum Gasteiger partial charge on any atom is -0.340 e. The number of piperidine rings is 1. The molecule has 4 rings (SSSR count). The number of likely N-dealkylation sites (tertiary alicyclic amines) is 2. The number of carbonyl (C=O) groups excluding carboxylic acids is 2. The fourth-order valence-corrected chi connectivity index (χ4v) is 4.63. The quantitative estimate of drug-likeness (QED) is 0.737. The van der Waals surface area contributed by atoms with E-state index in [-0.39, 0.29) is 30.1 Å². The molecule has 1 aromatic carbocycles. The van der Waals surface area contributed by atoms with Crippen molar-refractivity contribution < 1.29 is 14.0 Å². The molecule has 1 atom stereocenters. The first kappa shape index (κ1) is 21.5. The average Bonchev–Trinajstić information content (AvgIpc) is 2.98. The zero-order valence-electron chi connectivity index (χ0n) is 18.1. The van der Waals surface area contributed by atoms with Gasteiger partial charge in [0.25, 0.3) is 0 Å². The van der Waals surface area contributed by atoms with Crippen molar-refractivity contribution >= 4 is 11.8 Å². The Kier molecular flexibility index (Phi) is 6.64. The molecule has 2 aliphatic rings. The first-order valence-electron chi connectivity index (χ1n) is 11.3. The summed E-state index contributed by atoms with van der Waals surface area (Å²) in [4.78, 5) is 33.6. The van der Waals surface area contributed by atoms with Crippen molar-refractivity contribution in [3.8, 4) is 11.1 Å². The lowest BCUT2D eigenvalue weighted by molar-refractivity contribution is -0.140. The second-order valence-electron chi connectivity index (χ2n) is 8.73. The lowest BCUT2D eigenvalue weighted by Gasteiger charge is -2.34. The zero-order valence-corrected chi connectivity index (χ0v) is 18.1. The Morgan fingerprint density at radius 2 is 1.87 bits per heavy atom. The van der Waals surface area contributed by atoms with Gasteiger partial charge in [0, 0.05) is 43.4 Å². The van der Waals surface area contributed by atoms with Crippen LogP contribution in [0.5, 0.6) is 0 Å². The molecule has 31 heavy (non-hydrogen) atoms. The molecule has 2 saturated heterocycles. The number of rotatable bonds is 4. The van der Waals surface area contributed by atoms with E-state index in [9.17, 15) is 14.0 Å². The van der Waals surface area contributed by atoms with Crippen molar-refractivity contribution in [3.05, 3.63) is 53.6 Å². The highest BCUT2D eigenvalue weighted by atomic mass is 19.1. The van der Waals surface area contributed by atoms with Crippen LogP contribution in [0, 0.1) is 12.7 Å². The lowest BCUT2D eigenvalue weighted by atomic mass is 9.92. The summed E-state index contributed by atoms with van der Waals surface area (Å²) in [6.07, 6.45) is 5.40. The predicted octanol–water partition coefficient (Wildman–Crippen LogP) is 4.30. The van der Waals surface area contributed by atoms with E-state index in [0.29, 0.717) is 19.5 Å². The van der Waals surface area contributed by atoms with Gasteiger partial charge in [0.15, 0.2) is 0 Å². The van der Waals surface area contributed by atoms with Gasteiger partial charge in [-0.15, -0.1) is 0 Å². The van der Waals surface area contributed by atoms with Crippen LogP contribution in [0.2, 0.25) is 0 Å². The first-order chi connectivity index (χ1) is 15.0. The molecule has 5 nitrogen and oxygen atoms in total. The maximum absolute atomic E-state index is 13.3. The van der Waals surface area contributed by atoms with Crippen molar-refractivity contribution in [1.29, 1.82) is 0 Å². The molecule has 0 spiro atoms.